The van der Waals surface area contributed by atoms with Gasteiger partial charge in [0.15, 0.2) is 0 Å². The summed E-state index contributed by atoms with van der Waals surface area (Å²) < 4.78 is 1.02. The number of nitrogens with one attached hydrogen (secondary N) is 1. The van der Waals surface area contributed by atoms with Gasteiger partial charge in [-0.25, -0.2) is 0 Å². The maximum atomic E-state index is 10.6. The summed E-state index contributed by atoms with van der Waals surface area (Å²) >= 11 is 3.44. The quantitative estimate of drug-likeness (QED) is 0.911. The van der Waals surface area contributed by atoms with Crippen LogP contribution in [-0.2, 0) is 11.3 Å². The van der Waals surface area contributed by atoms with Gasteiger partial charge in [-0.1, -0.05) is 15.9 Å². The lowest BCUT2D eigenvalue weighted by atomic mass is 10.1. The van der Waals surface area contributed by atoms with E-state index in [-0.39, 0.29) is 6.54 Å². The molecule has 90 valence electrons. The lowest BCUT2D eigenvalue weighted by Gasteiger charge is -2.12. The predicted molar refractivity (Wildman–Crippen MR) is 70.0 cm³/mol. The Balaban J connectivity index is 2.24. The van der Waals surface area contributed by atoms with Crippen molar-refractivity contribution in [3.63, 3.8) is 0 Å². The van der Waals surface area contributed by atoms with Crippen LogP contribution in [0.25, 0.3) is 10.9 Å². The minimum atomic E-state index is -0.812. The topological polar surface area (TPSA) is 56.3 Å². The van der Waals surface area contributed by atoms with E-state index in [0.29, 0.717) is 6.54 Å². The van der Waals surface area contributed by atoms with Crippen LogP contribution in [0.1, 0.15) is 5.56 Å². The third-order valence-electron chi connectivity index (χ3n) is 2.57. The Hall–Kier alpha value is -1.33. The van der Waals surface area contributed by atoms with Crippen LogP contribution in [0.4, 0.5) is 0 Å². The number of likely N-dealkylation sites (N-methyl/N-ethyl adjacent to an activating group) is 1. The van der Waals surface area contributed by atoms with E-state index in [1.54, 1.807) is 11.9 Å². The van der Waals surface area contributed by atoms with Crippen molar-refractivity contribution in [2.75, 3.05) is 13.6 Å². The van der Waals surface area contributed by atoms with Gasteiger partial charge in [0.1, 0.15) is 0 Å². The number of H-pyrrole nitrogens is 1. The van der Waals surface area contributed by atoms with Crippen LogP contribution in [0, 0.1) is 0 Å². The molecule has 0 radical (unpaired) electrons. The molecule has 2 rings (SSSR count). The van der Waals surface area contributed by atoms with Gasteiger partial charge in [0, 0.05) is 28.1 Å². The molecule has 0 saturated carbocycles. The van der Waals surface area contributed by atoms with E-state index in [4.69, 9.17) is 5.11 Å². The summed E-state index contributed by atoms with van der Waals surface area (Å²) in [7, 11) is 1.80. The number of hydrogen-bond acceptors (Lipinski definition) is 2. The van der Waals surface area contributed by atoms with Crippen molar-refractivity contribution >= 4 is 32.8 Å². The van der Waals surface area contributed by atoms with Crippen LogP contribution >= 0.6 is 15.9 Å². The lowest BCUT2D eigenvalue weighted by molar-refractivity contribution is -0.138. The van der Waals surface area contributed by atoms with E-state index < -0.39 is 5.97 Å². The Morgan fingerprint density at radius 2 is 2.29 bits per heavy atom. The van der Waals surface area contributed by atoms with Crippen LogP contribution in [0.5, 0.6) is 0 Å². The standard InChI is InChI=1S/C12H13BrN2O2/c1-15(7-12(16)17)6-8-5-14-11-3-2-9(13)4-10(8)11/h2-5,14H,6-7H2,1H3,(H,16,17). The number of carboxylic acids is 1. The molecule has 17 heavy (non-hydrogen) atoms. The van der Waals surface area contributed by atoms with Crippen molar-refractivity contribution in [1.29, 1.82) is 0 Å². The molecule has 0 aliphatic rings. The molecule has 2 aromatic rings. The monoisotopic (exact) mass is 296 g/mol. The summed E-state index contributed by atoms with van der Waals surface area (Å²) in [6.07, 6.45) is 1.93. The van der Waals surface area contributed by atoms with Gasteiger partial charge in [0.05, 0.1) is 6.54 Å². The molecule has 0 unspecified atom stereocenters. The second-order valence-corrected chi connectivity index (χ2v) is 4.99. The van der Waals surface area contributed by atoms with E-state index in [9.17, 15) is 4.79 Å². The summed E-state index contributed by atoms with van der Waals surface area (Å²) in [4.78, 5) is 15.5. The Labute approximate surface area is 107 Å². The number of fused-ring (bicyclic) bond motifs is 1. The molecule has 0 fully saturated rings. The average Bonchev–Trinajstić information content (AvgIpc) is 2.60. The molecular weight excluding hydrogens is 284 g/mol. The molecule has 0 amide bonds. The molecule has 1 aromatic heterocycles. The largest absolute Gasteiger partial charge is 0.480 e. The Morgan fingerprint density at radius 3 is 3.00 bits per heavy atom. The molecular formula is C12H13BrN2O2. The number of hydrogen-bond donors (Lipinski definition) is 2. The molecule has 2 N–H and O–H groups in total. The van der Waals surface area contributed by atoms with Gasteiger partial charge in [-0.2, -0.15) is 0 Å². The summed E-state index contributed by atoms with van der Waals surface area (Å²) in [5, 5.41) is 9.83. The third-order valence-corrected chi connectivity index (χ3v) is 3.07. The first-order chi connectivity index (χ1) is 8.06. The second kappa shape index (κ2) is 4.89. The number of carboxylic acid groups (broad SMARTS) is 1. The highest BCUT2D eigenvalue weighted by Gasteiger charge is 2.09. The van der Waals surface area contributed by atoms with Crippen molar-refractivity contribution in [1.82, 2.24) is 9.88 Å². The molecule has 1 heterocycles. The molecule has 0 saturated heterocycles. The average molecular weight is 297 g/mol. The van der Waals surface area contributed by atoms with Crippen molar-refractivity contribution in [3.05, 3.63) is 34.4 Å². The van der Waals surface area contributed by atoms with Crippen LogP contribution in [0.3, 0.4) is 0 Å². The van der Waals surface area contributed by atoms with Crippen LogP contribution in [0.15, 0.2) is 28.9 Å². The summed E-state index contributed by atoms with van der Waals surface area (Å²) in [5.41, 5.74) is 2.16. The van der Waals surface area contributed by atoms with Crippen molar-refractivity contribution in [2.24, 2.45) is 0 Å². The summed E-state index contributed by atoms with van der Waals surface area (Å²) in [5.74, 6) is -0.812. The second-order valence-electron chi connectivity index (χ2n) is 4.07. The number of halogens is 1. The zero-order valence-electron chi connectivity index (χ0n) is 9.40. The SMILES string of the molecule is CN(CC(=O)O)Cc1c[nH]c2ccc(Br)cc12. The van der Waals surface area contributed by atoms with Gasteiger partial charge in [-0.15, -0.1) is 0 Å². The van der Waals surface area contributed by atoms with Crippen molar-refractivity contribution in [3.8, 4) is 0 Å². The van der Waals surface area contributed by atoms with Crippen LogP contribution in [-0.4, -0.2) is 34.6 Å². The Kier molecular flexibility index (Phi) is 3.49. The third kappa shape index (κ3) is 2.87. The van der Waals surface area contributed by atoms with Crippen molar-refractivity contribution in [2.45, 2.75) is 6.54 Å². The first-order valence-electron chi connectivity index (χ1n) is 5.22. The van der Waals surface area contributed by atoms with Gasteiger partial charge >= 0.3 is 5.97 Å². The minimum Gasteiger partial charge on any atom is -0.480 e. The molecule has 0 bridgehead atoms. The predicted octanol–water partition coefficient (Wildman–Crippen LogP) is 2.45. The Morgan fingerprint density at radius 1 is 1.53 bits per heavy atom. The zero-order valence-corrected chi connectivity index (χ0v) is 11.0. The van der Waals surface area contributed by atoms with E-state index in [1.165, 1.54) is 0 Å². The first kappa shape index (κ1) is 12.1. The van der Waals surface area contributed by atoms with E-state index >= 15 is 0 Å². The first-order valence-corrected chi connectivity index (χ1v) is 6.01. The highest BCUT2D eigenvalue weighted by atomic mass is 79.9. The van der Waals surface area contributed by atoms with Crippen molar-refractivity contribution < 1.29 is 9.90 Å². The highest BCUT2D eigenvalue weighted by molar-refractivity contribution is 9.10. The maximum absolute atomic E-state index is 10.6. The van der Waals surface area contributed by atoms with Gasteiger partial charge in [0.2, 0.25) is 0 Å². The smallest absolute Gasteiger partial charge is 0.317 e. The zero-order chi connectivity index (χ0) is 12.4. The molecule has 0 atom stereocenters. The minimum absolute atomic E-state index is 0.0423. The van der Waals surface area contributed by atoms with E-state index in [1.807, 2.05) is 24.4 Å². The maximum Gasteiger partial charge on any atom is 0.317 e. The fourth-order valence-electron chi connectivity index (χ4n) is 1.86. The number of aliphatic carboxylic acids is 1. The van der Waals surface area contributed by atoms with Gasteiger partial charge < -0.3 is 10.1 Å². The molecule has 5 heteroatoms. The molecule has 0 aliphatic carbocycles. The molecule has 0 spiro atoms. The number of rotatable bonds is 4. The lowest BCUT2D eigenvalue weighted by Crippen LogP contribution is -2.24. The Bertz CT molecular complexity index is 550. The van der Waals surface area contributed by atoms with E-state index in [2.05, 4.69) is 20.9 Å². The molecule has 1 aromatic carbocycles. The fourth-order valence-corrected chi connectivity index (χ4v) is 2.22. The fraction of sp³-hybridized carbons (Fsp3) is 0.250. The number of aromatic nitrogens is 1. The number of benzene rings is 1. The number of nitrogens with zero attached hydrogens (tertiary/aromatic N) is 1. The normalized spacial score (nSPS) is 11.2. The van der Waals surface area contributed by atoms with Gasteiger partial charge in [-0.05, 0) is 30.8 Å². The highest BCUT2D eigenvalue weighted by Crippen LogP contribution is 2.23. The van der Waals surface area contributed by atoms with Gasteiger partial charge in [0.25, 0.3) is 0 Å². The van der Waals surface area contributed by atoms with Crippen LogP contribution in [0.2, 0.25) is 0 Å². The van der Waals surface area contributed by atoms with Gasteiger partial charge in [-0.3, -0.25) is 9.69 Å². The summed E-state index contributed by atoms with van der Waals surface area (Å²) in [6.45, 7) is 0.656. The number of carbonyl (C=O) groups is 1. The molecule has 0 aliphatic heterocycles. The summed E-state index contributed by atoms with van der Waals surface area (Å²) in [6, 6.07) is 6.01. The van der Waals surface area contributed by atoms with Crippen LogP contribution < -0.4 is 0 Å². The van der Waals surface area contributed by atoms with E-state index in [0.717, 1.165) is 20.9 Å². The molecule has 4 nitrogen and oxygen atoms in total. The number of aromatic amines is 1.